The van der Waals surface area contributed by atoms with Crippen LogP contribution in [-0.2, 0) is 14.9 Å². The van der Waals surface area contributed by atoms with Gasteiger partial charge in [0.05, 0.1) is 23.9 Å². The van der Waals surface area contributed by atoms with E-state index < -0.39 is 29.4 Å². The van der Waals surface area contributed by atoms with E-state index in [-0.39, 0.29) is 5.92 Å². The van der Waals surface area contributed by atoms with Gasteiger partial charge in [-0.3, -0.25) is 5.32 Å². The van der Waals surface area contributed by atoms with Crippen LogP contribution in [0.1, 0.15) is 37.0 Å². The number of nitrogens with one attached hydrogen (secondary N) is 4. The summed E-state index contributed by atoms with van der Waals surface area (Å²) < 4.78 is 4.70. The second-order valence-corrected chi connectivity index (χ2v) is 9.95. The van der Waals surface area contributed by atoms with E-state index in [0.29, 0.717) is 6.42 Å². The van der Waals surface area contributed by atoms with Gasteiger partial charge in [0.25, 0.3) is 0 Å². The van der Waals surface area contributed by atoms with Gasteiger partial charge < -0.3 is 30.6 Å². The van der Waals surface area contributed by atoms with Gasteiger partial charge in [0, 0.05) is 5.39 Å². The molecule has 0 saturated carbocycles. The van der Waals surface area contributed by atoms with Crippen molar-refractivity contribution in [2.24, 2.45) is 5.92 Å². The van der Waals surface area contributed by atoms with Gasteiger partial charge >= 0.3 is 12.2 Å². The Morgan fingerprint density at radius 1 is 1.16 bits per heavy atom. The van der Waals surface area contributed by atoms with Crippen molar-refractivity contribution < 1.29 is 24.2 Å². The number of amides is 2. The van der Waals surface area contributed by atoms with Crippen LogP contribution in [0.2, 0.25) is 0 Å². The van der Waals surface area contributed by atoms with E-state index in [0.717, 1.165) is 45.1 Å². The van der Waals surface area contributed by atoms with Crippen LogP contribution in [0.15, 0.2) is 60.7 Å². The smallest absolute Gasteiger partial charge is 0.409 e. The predicted molar refractivity (Wildman–Crippen MR) is 146 cm³/mol. The average molecular weight is 515 g/mol. The van der Waals surface area contributed by atoms with Crippen LogP contribution >= 0.6 is 0 Å². The maximum atomic E-state index is 13.0. The molecule has 0 fully saturated rings. The standard InChI is InChI=1S/C29H30N4O5/c1-17(2)29(16-34,33-26(35)36)28(14-6-8-18-7-4-5-9-22(18)28)20-11-12-21-19(15-20)10-13-23-24(21)31-25(30-23)32-27(37)38-3/h4-13,15-17,25,30-31,33H,14H2,1-3H3,(H,32,37)(H,35,36)/t25-,28+,29?/m1/s1. The van der Waals surface area contributed by atoms with Crippen LogP contribution in [0.3, 0.4) is 0 Å². The Bertz CT molecular complexity index is 1470. The number of carbonyl (C=O) groups excluding carboxylic acids is 2. The molecule has 3 aromatic rings. The summed E-state index contributed by atoms with van der Waals surface area (Å²) in [5, 5.41) is 23.5. The molecule has 1 aliphatic carbocycles. The highest BCUT2D eigenvalue weighted by Crippen LogP contribution is 2.52. The number of aldehydes is 1. The van der Waals surface area contributed by atoms with E-state index >= 15 is 0 Å². The Hall–Kier alpha value is -4.53. The fourth-order valence-corrected chi connectivity index (χ4v) is 6.05. The van der Waals surface area contributed by atoms with E-state index in [1.807, 2.05) is 80.6 Å². The number of allylic oxidation sites excluding steroid dienone is 1. The zero-order chi connectivity index (χ0) is 27.1. The molecule has 0 aromatic heterocycles. The molecule has 1 unspecified atom stereocenters. The molecule has 0 saturated heterocycles. The highest BCUT2D eigenvalue weighted by atomic mass is 16.5. The highest BCUT2D eigenvalue weighted by molar-refractivity contribution is 6.02. The molecule has 9 heteroatoms. The summed E-state index contributed by atoms with van der Waals surface area (Å²) in [5.74, 6) is -0.359. The first kappa shape index (κ1) is 25.1. The zero-order valence-electron chi connectivity index (χ0n) is 21.4. The summed E-state index contributed by atoms with van der Waals surface area (Å²) in [7, 11) is 1.30. The molecule has 1 heterocycles. The van der Waals surface area contributed by atoms with Crippen LogP contribution in [0.25, 0.3) is 16.8 Å². The van der Waals surface area contributed by atoms with Gasteiger partial charge in [0.15, 0.2) is 6.29 Å². The number of hydrogen-bond acceptors (Lipinski definition) is 6. The predicted octanol–water partition coefficient (Wildman–Crippen LogP) is 4.88. The maximum absolute atomic E-state index is 13.0. The molecule has 38 heavy (non-hydrogen) atoms. The molecule has 2 amide bonds. The zero-order valence-corrected chi connectivity index (χ0v) is 21.4. The topological polar surface area (TPSA) is 129 Å². The summed E-state index contributed by atoms with van der Waals surface area (Å²) in [6.07, 6.45) is 2.87. The molecule has 5 rings (SSSR count). The summed E-state index contributed by atoms with van der Waals surface area (Å²) >= 11 is 0. The van der Waals surface area contributed by atoms with Gasteiger partial charge in [-0.1, -0.05) is 74.5 Å². The van der Waals surface area contributed by atoms with Gasteiger partial charge in [0.1, 0.15) is 11.8 Å². The molecule has 3 atom stereocenters. The van der Waals surface area contributed by atoms with Gasteiger partial charge in [-0.25, -0.2) is 9.59 Å². The van der Waals surface area contributed by atoms with E-state index in [4.69, 9.17) is 4.74 Å². The minimum Gasteiger partial charge on any atom is -0.465 e. The van der Waals surface area contributed by atoms with E-state index in [9.17, 15) is 19.5 Å². The Morgan fingerprint density at radius 2 is 1.95 bits per heavy atom. The van der Waals surface area contributed by atoms with Crippen LogP contribution in [0.4, 0.5) is 21.0 Å². The van der Waals surface area contributed by atoms with Crippen molar-refractivity contribution in [3.8, 4) is 0 Å². The molecular weight excluding hydrogens is 484 g/mol. The Balaban J connectivity index is 1.71. The van der Waals surface area contributed by atoms with Gasteiger partial charge in [-0.2, -0.15) is 0 Å². The molecule has 9 nitrogen and oxygen atoms in total. The van der Waals surface area contributed by atoms with Crippen molar-refractivity contribution in [3.05, 3.63) is 77.4 Å². The quantitative estimate of drug-likeness (QED) is 0.297. The van der Waals surface area contributed by atoms with Crippen molar-refractivity contribution in [2.45, 2.75) is 37.5 Å². The number of alkyl carbamates (subject to hydrolysis) is 1. The summed E-state index contributed by atoms with van der Waals surface area (Å²) in [6.45, 7) is 3.73. The van der Waals surface area contributed by atoms with Crippen molar-refractivity contribution in [1.29, 1.82) is 0 Å². The Kier molecular flexibility index (Phi) is 6.22. The highest BCUT2D eigenvalue weighted by Gasteiger charge is 2.57. The second kappa shape index (κ2) is 9.41. The number of anilines is 2. The largest absolute Gasteiger partial charge is 0.465 e. The minimum absolute atomic E-state index is 0.359. The summed E-state index contributed by atoms with van der Waals surface area (Å²) in [5.41, 5.74) is 1.85. The third-order valence-corrected chi connectivity index (χ3v) is 7.81. The fourth-order valence-electron chi connectivity index (χ4n) is 6.05. The lowest BCUT2D eigenvalue weighted by atomic mass is 9.54. The minimum atomic E-state index is -1.45. The average Bonchev–Trinajstić information content (AvgIpc) is 3.33. The molecule has 0 radical (unpaired) electrons. The second-order valence-electron chi connectivity index (χ2n) is 9.95. The summed E-state index contributed by atoms with van der Waals surface area (Å²) in [4.78, 5) is 36.9. The fraction of sp³-hybridized carbons (Fsp3) is 0.276. The Morgan fingerprint density at radius 3 is 2.66 bits per heavy atom. The number of rotatable bonds is 6. The van der Waals surface area contributed by atoms with Crippen molar-refractivity contribution >= 4 is 46.7 Å². The molecular formula is C29H30N4O5. The third-order valence-electron chi connectivity index (χ3n) is 7.81. The normalized spacial score (nSPS) is 20.9. The van der Waals surface area contributed by atoms with Crippen LogP contribution in [0.5, 0.6) is 0 Å². The lowest BCUT2D eigenvalue weighted by Crippen LogP contribution is -2.67. The molecule has 5 N–H and O–H groups in total. The van der Waals surface area contributed by atoms with E-state index in [1.54, 1.807) is 0 Å². The SMILES string of the molecule is COC(=O)N[C@@H]1Nc2ccc3cc([C@@]4(C(C=O)(NC(=O)O)C(C)C)CC=Cc5ccccc54)ccc3c2N1. The molecule has 3 aromatic carbocycles. The first-order chi connectivity index (χ1) is 18.3. The molecule has 0 bridgehead atoms. The lowest BCUT2D eigenvalue weighted by Gasteiger charge is -2.52. The third kappa shape index (κ3) is 3.73. The van der Waals surface area contributed by atoms with E-state index in [1.165, 1.54) is 7.11 Å². The van der Waals surface area contributed by atoms with Gasteiger partial charge in [0.2, 0.25) is 0 Å². The van der Waals surface area contributed by atoms with Crippen molar-refractivity contribution in [2.75, 3.05) is 17.7 Å². The number of ether oxygens (including phenoxy) is 1. The first-order valence-electron chi connectivity index (χ1n) is 12.4. The number of hydrogen-bond donors (Lipinski definition) is 5. The molecule has 196 valence electrons. The molecule has 1 aliphatic heterocycles. The monoisotopic (exact) mass is 514 g/mol. The molecule has 0 spiro atoms. The summed E-state index contributed by atoms with van der Waals surface area (Å²) in [6, 6.07) is 17.7. The number of methoxy groups -OCH3 is 1. The van der Waals surface area contributed by atoms with E-state index in [2.05, 4.69) is 21.3 Å². The van der Waals surface area contributed by atoms with Gasteiger partial charge in [-0.05, 0) is 40.5 Å². The number of carboxylic acid groups (broad SMARTS) is 1. The van der Waals surface area contributed by atoms with Crippen LogP contribution < -0.4 is 21.3 Å². The van der Waals surface area contributed by atoms with Gasteiger partial charge in [-0.15, -0.1) is 0 Å². The molecule has 2 aliphatic rings. The number of carbonyl (C=O) groups is 3. The van der Waals surface area contributed by atoms with Crippen LogP contribution in [0, 0.1) is 5.92 Å². The number of benzene rings is 3. The lowest BCUT2D eigenvalue weighted by molar-refractivity contribution is -0.117. The Labute approximate surface area is 220 Å². The first-order valence-corrected chi connectivity index (χ1v) is 12.4. The van der Waals surface area contributed by atoms with Crippen molar-refractivity contribution in [1.82, 2.24) is 10.6 Å². The van der Waals surface area contributed by atoms with Crippen LogP contribution in [-0.4, -0.2) is 42.5 Å². The maximum Gasteiger partial charge on any atom is 0.409 e. The number of fused-ring (bicyclic) bond motifs is 4. The van der Waals surface area contributed by atoms with Crippen molar-refractivity contribution in [3.63, 3.8) is 0 Å².